The van der Waals surface area contributed by atoms with Crippen molar-refractivity contribution in [2.75, 3.05) is 6.54 Å². The third-order valence-electron chi connectivity index (χ3n) is 2.84. The van der Waals surface area contributed by atoms with E-state index < -0.39 is 0 Å². The predicted octanol–water partition coefficient (Wildman–Crippen LogP) is 2.43. The van der Waals surface area contributed by atoms with Crippen molar-refractivity contribution >= 4 is 18.3 Å². The van der Waals surface area contributed by atoms with Crippen molar-refractivity contribution in [3.05, 3.63) is 29.8 Å². The normalized spacial score (nSPS) is 13.0. The number of para-hydroxylation sites is 1. The lowest BCUT2D eigenvalue weighted by Crippen LogP contribution is -2.34. The molecule has 0 aromatic heterocycles. The smallest absolute Gasteiger partial charge is 0.220 e. The molecule has 0 heterocycles. The Labute approximate surface area is 127 Å². The van der Waals surface area contributed by atoms with Crippen LogP contribution in [0.5, 0.6) is 5.75 Å². The number of halogens is 1. The predicted molar refractivity (Wildman–Crippen MR) is 84.4 cm³/mol. The van der Waals surface area contributed by atoms with Gasteiger partial charge in [-0.05, 0) is 38.8 Å². The Bertz CT molecular complexity index is 411. The van der Waals surface area contributed by atoms with E-state index in [-0.39, 0.29) is 30.5 Å². The van der Waals surface area contributed by atoms with Gasteiger partial charge in [0, 0.05) is 12.5 Å². The lowest BCUT2D eigenvalue weighted by molar-refractivity contribution is -0.121. The summed E-state index contributed by atoms with van der Waals surface area (Å²) in [6.07, 6.45) is 1.12. The lowest BCUT2D eigenvalue weighted by atomic mass is 10.2. The van der Waals surface area contributed by atoms with Crippen LogP contribution in [-0.2, 0) is 4.79 Å². The van der Waals surface area contributed by atoms with E-state index in [1.165, 1.54) is 0 Å². The molecule has 2 atom stereocenters. The van der Waals surface area contributed by atoms with Gasteiger partial charge in [-0.25, -0.2) is 0 Å². The summed E-state index contributed by atoms with van der Waals surface area (Å²) in [4.78, 5) is 11.5. The van der Waals surface area contributed by atoms with Crippen LogP contribution in [0.15, 0.2) is 24.3 Å². The van der Waals surface area contributed by atoms with E-state index >= 15 is 0 Å². The summed E-state index contributed by atoms with van der Waals surface area (Å²) in [5.41, 5.74) is 6.71. The first-order chi connectivity index (χ1) is 8.99. The van der Waals surface area contributed by atoms with Crippen LogP contribution in [0.25, 0.3) is 0 Å². The Morgan fingerprint density at radius 2 is 2.00 bits per heavy atom. The van der Waals surface area contributed by atoms with Crippen LogP contribution in [0.4, 0.5) is 0 Å². The third kappa shape index (κ3) is 7.36. The highest BCUT2D eigenvalue weighted by atomic mass is 35.5. The zero-order valence-electron chi connectivity index (χ0n) is 12.4. The van der Waals surface area contributed by atoms with E-state index in [4.69, 9.17) is 10.5 Å². The van der Waals surface area contributed by atoms with Gasteiger partial charge in [0.05, 0.1) is 6.54 Å². The maximum Gasteiger partial charge on any atom is 0.220 e. The Morgan fingerprint density at radius 1 is 1.35 bits per heavy atom. The molecule has 0 aliphatic rings. The molecule has 0 radical (unpaired) electrons. The second kappa shape index (κ2) is 9.61. The molecule has 0 bridgehead atoms. The Balaban J connectivity index is 0.00000361. The zero-order chi connectivity index (χ0) is 14.3. The molecule has 2 unspecified atom stereocenters. The summed E-state index contributed by atoms with van der Waals surface area (Å²) >= 11 is 0. The van der Waals surface area contributed by atoms with Crippen molar-refractivity contribution in [2.24, 2.45) is 5.73 Å². The third-order valence-corrected chi connectivity index (χ3v) is 2.84. The molecule has 4 nitrogen and oxygen atoms in total. The number of hydrogen-bond donors (Lipinski definition) is 2. The molecule has 1 aromatic rings. The summed E-state index contributed by atoms with van der Waals surface area (Å²) in [7, 11) is 0. The van der Waals surface area contributed by atoms with Gasteiger partial charge in [-0.15, -0.1) is 12.4 Å². The van der Waals surface area contributed by atoms with E-state index in [0.29, 0.717) is 19.4 Å². The Kier molecular flexibility index (Phi) is 9.01. The number of rotatable bonds is 7. The van der Waals surface area contributed by atoms with Crippen LogP contribution >= 0.6 is 12.4 Å². The summed E-state index contributed by atoms with van der Waals surface area (Å²) in [5.74, 6) is 0.886. The van der Waals surface area contributed by atoms with E-state index in [9.17, 15) is 4.79 Å². The molecule has 0 saturated carbocycles. The molecule has 0 spiro atoms. The topological polar surface area (TPSA) is 64.3 Å². The molecule has 1 aromatic carbocycles. The van der Waals surface area contributed by atoms with Gasteiger partial charge < -0.3 is 15.8 Å². The van der Waals surface area contributed by atoms with Gasteiger partial charge in [0.2, 0.25) is 5.91 Å². The quantitative estimate of drug-likeness (QED) is 0.813. The van der Waals surface area contributed by atoms with Gasteiger partial charge in [-0.3, -0.25) is 4.79 Å². The standard InChI is InChI=1S/C15H24N2O2.ClH/c1-11-6-4-5-7-14(11)19-13(3)10-17-15(18)9-8-12(2)16;/h4-7,12-13H,8-10,16H2,1-3H3,(H,17,18);1H. The molecule has 114 valence electrons. The van der Waals surface area contributed by atoms with Crippen molar-refractivity contribution in [1.82, 2.24) is 5.32 Å². The number of benzene rings is 1. The fourth-order valence-electron chi connectivity index (χ4n) is 1.65. The number of ether oxygens (including phenoxy) is 1. The highest BCUT2D eigenvalue weighted by molar-refractivity contribution is 5.85. The minimum absolute atomic E-state index is 0. The van der Waals surface area contributed by atoms with Gasteiger partial charge >= 0.3 is 0 Å². The number of nitrogens with two attached hydrogens (primary N) is 1. The van der Waals surface area contributed by atoms with Crippen molar-refractivity contribution in [2.45, 2.75) is 45.8 Å². The van der Waals surface area contributed by atoms with E-state index in [0.717, 1.165) is 11.3 Å². The van der Waals surface area contributed by atoms with Crippen LogP contribution in [0, 0.1) is 6.92 Å². The SMILES string of the molecule is Cc1ccccc1OC(C)CNC(=O)CCC(C)N.Cl. The number of aryl methyl sites for hydroxylation is 1. The van der Waals surface area contributed by atoms with Crippen molar-refractivity contribution < 1.29 is 9.53 Å². The number of hydrogen-bond acceptors (Lipinski definition) is 3. The molecule has 0 aliphatic heterocycles. The largest absolute Gasteiger partial charge is 0.489 e. The highest BCUT2D eigenvalue weighted by Crippen LogP contribution is 2.17. The van der Waals surface area contributed by atoms with Crippen LogP contribution < -0.4 is 15.8 Å². The summed E-state index contributed by atoms with van der Waals surface area (Å²) in [5, 5.41) is 2.86. The maximum atomic E-state index is 11.5. The fourth-order valence-corrected chi connectivity index (χ4v) is 1.65. The lowest BCUT2D eigenvalue weighted by Gasteiger charge is -2.17. The van der Waals surface area contributed by atoms with Crippen molar-refractivity contribution in [3.8, 4) is 5.75 Å². The molecule has 5 heteroatoms. The monoisotopic (exact) mass is 300 g/mol. The molecule has 20 heavy (non-hydrogen) atoms. The van der Waals surface area contributed by atoms with Crippen molar-refractivity contribution in [1.29, 1.82) is 0 Å². The molecule has 1 rings (SSSR count). The van der Waals surface area contributed by atoms with Crippen molar-refractivity contribution in [3.63, 3.8) is 0 Å². The zero-order valence-corrected chi connectivity index (χ0v) is 13.2. The average molecular weight is 301 g/mol. The molecular weight excluding hydrogens is 276 g/mol. The molecule has 0 saturated heterocycles. The summed E-state index contributed by atoms with van der Waals surface area (Å²) in [6.45, 7) is 6.35. The summed E-state index contributed by atoms with van der Waals surface area (Å²) in [6, 6.07) is 7.91. The maximum absolute atomic E-state index is 11.5. The minimum Gasteiger partial charge on any atom is -0.489 e. The van der Waals surface area contributed by atoms with Gasteiger partial charge in [-0.2, -0.15) is 0 Å². The number of carbonyl (C=O) groups excluding carboxylic acids is 1. The first-order valence-corrected chi connectivity index (χ1v) is 6.73. The Hall–Kier alpha value is -1.26. The molecule has 0 fully saturated rings. The molecular formula is C15H25ClN2O2. The first-order valence-electron chi connectivity index (χ1n) is 6.73. The van der Waals surface area contributed by atoms with Crippen LogP contribution in [-0.4, -0.2) is 24.6 Å². The van der Waals surface area contributed by atoms with E-state index in [2.05, 4.69) is 5.32 Å². The van der Waals surface area contributed by atoms with Gasteiger partial charge in [0.15, 0.2) is 0 Å². The van der Waals surface area contributed by atoms with Crippen LogP contribution in [0.2, 0.25) is 0 Å². The molecule has 3 N–H and O–H groups in total. The second-order valence-corrected chi connectivity index (χ2v) is 5.01. The number of nitrogens with one attached hydrogen (secondary N) is 1. The molecule has 0 aliphatic carbocycles. The van der Waals surface area contributed by atoms with Crippen LogP contribution in [0.3, 0.4) is 0 Å². The van der Waals surface area contributed by atoms with Gasteiger partial charge in [-0.1, -0.05) is 18.2 Å². The first kappa shape index (κ1) is 18.7. The Morgan fingerprint density at radius 3 is 2.60 bits per heavy atom. The second-order valence-electron chi connectivity index (χ2n) is 5.01. The van der Waals surface area contributed by atoms with Gasteiger partial charge in [0.1, 0.15) is 11.9 Å². The number of amides is 1. The molecule has 1 amide bonds. The average Bonchev–Trinajstić information content (AvgIpc) is 2.36. The van der Waals surface area contributed by atoms with E-state index in [1.807, 2.05) is 45.0 Å². The van der Waals surface area contributed by atoms with Gasteiger partial charge in [0.25, 0.3) is 0 Å². The highest BCUT2D eigenvalue weighted by Gasteiger charge is 2.08. The van der Waals surface area contributed by atoms with Crippen LogP contribution in [0.1, 0.15) is 32.3 Å². The number of carbonyl (C=O) groups is 1. The minimum atomic E-state index is -0.0552. The van der Waals surface area contributed by atoms with E-state index in [1.54, 1.807) is 0 Å². The summed E-state index contributed by atoms with van der Waals surface area (Å²) < 4.78 is 5.78. The fraction of sp³-hybridized carbons (Fsp3) is 0.533.